The number of esters is 4. The second-order valence-corrected chi connectivity index (χ2v) is 26.1. The number of carbonyl (C=O) groups is 6. The molecule has 2 unspecified atom stereocenters. The molecule has 1 aliphatic heterocycles. The van der Waals surface area contributed by atoms with E-state index in [0.717, 1.165) is 90.0 Å². The fourth-order valence-corrected chi connectivity index (χ4v) is 11.9. The van der Waals surface area contributed by atoms with Gasteiger partial charge in [0.2, 0.25) is 11.8 Å². The minimum Gasteiger partial charge on any atom is -0.466 e. The van der Waals surface area contributed by atoms with E-state index in [1.54, 1.807) is 0 Å². The summed E-state index contributed by atoms with van der Waals surface area (Å²) in [5, 5.41) is 5.98. The van der Waals surface area contributed by atoms with E-state index in [2.05, 4.69) is 48.1 Å². The maximum Gasteiger partial charge on any atom is 0.307 e. The van der Waals surface area contributed by atoms with Gasteiger partial charge in [-0.05, 0) is 70.9 Å². The highest BCUT2D eigenvalue weighted by Crippen LogP contribution is 2.17. The molecule has 2 atom stereocenters. The number of unbranched alkanes of at least 4 members (excludes halogenated alkanes) is 40. The average molecular weight is 1250 g/mol. The first-order valence-corrected chi connectivity index (χ1v) is 37.8. The van der Waals surface area contributed by atoms with Crippen molar-refractivity contribution >= 4 is 35.7 Å². The Morgan fingerprint density at radius 2 is 0.466 bits per heavy atom. The number of hydrogen-bond donors (Lipinski definition) is 2. The summed E-state index contributed by atoms with van der Waals surface area (Å²) in [6.45, 7) is 14.2. The zero-order valence-corrected chi connectivity index (χ0v) is 58.0. The van der Waals surface area contributed by atoms with Crippen LogP contribution >= 0.6 is 0 Å². The lowest BCUT2D eigenvalue weighted by Crippen LogP contribution is -2.61. The highest BCUT2D eigenvalue weighted by Gasteiger charge is 2.33. The molecule has 14 nitrogen and oxygen atoms in total. The van der Waals surface area contributed by atoms with Gasteiger partial charge in [0.05, 0.1) is 52.1 Å². The summed E-state index contributed by atoms with van der Waals surface area (Å²) in [6.07, 6.45) is 56.1. The zero-order chi connectivity index (χ0) is 63.9. The van der Waals surface area contributed by atoms with Crippen molar-refractivity contribution in [3.63, 3.8) is 0 Å². The van der Waals surface area contributed by atoms with Crippen LogP contribution in [0.5, 0.6) is 0 Å². The monoisotopic (exact) mass is 1250 g/mol. The van der Waals surface area contributed by atoms with Crippen LogP contribution in [0, 0.1) is 0 Å². The molecule has 2 N–H and O–H groups in total. The van der Waals surface area contributed by atoms with Crippen LogP contribution in [-0.4, -0.2) is 123 Å². The van der Waals surface area contributed by atoms with Gasteiger partial charge in [0.15, 0.2) is 0 Å². The number of nitrogens with zero attached hydrogens (tertiary/aromatic N) is 2. The average Bonchev–Trinajstić information content (AvgIpc) is 2.44. The van der Waals surface area contributed by atoms with Crippen molar-refractivity contribution < 1.29 is 47.7 Å². The summed E-state index contributed by atoms with van der Waals surface area (Å²) in [6, 6.07) is -1.16. The Balaban J connectivity index is 2.56. The van der Waals surface area contributed by atoms with Gasteiger partial charge in [-0.2, -0.15) is 0 Å². The van der Waals surface area contributed by atoms with E-state index in [0.29, 0.717) is 78.4 Å². The number of ether oxygens (including phenoxy) is 4. The van der Waals surface area contributed by atoms with Crippen molar-refractivity contribution in [1.82, 2.24) is 20.4 Å². The Morgan fingerprint density at radius 3 is 0.716 bits per heavy atom. The number of nitrogens with one attached hydrogen (secondary N) is 2. The Labute approximate surface area is 540 Å². The Bertz CT molecular complexity index is 1550. The maximum atomic E-state index is 13.3. The molecule has 1 saturated heterocycles. The lowest BCUT2D eigenvalue weighted by atomic mass is 10.0. The standard InChI is InChI=1S/C74H140N4O10/c1-5-9-13-17-21-25-29-33-39-47-63-85-69(79)53-59-77(60-54-70(80)86-64-48-40-34-30-26-22-18-14-10-6-2)57-45-38-37-43-51-67-73(83)76-68(74(84)75-67)52-44-46-58-78(61-55-71(81)87-65-49-41-35-31-27-23-19-15-11-7-3)62-56-72(82)88-66-50-42-36-32-28-24-20-16-12-8-4/h67-68H,5-66H2,1-4H3,(H,75,84)(H,76,83). The van der Waals surface area contributed by atoms with Crippen LogP contribution in [-0.2, 0) is 47.7 Å². The van der Waals surface area contributed by atoms with Crippen molar-refractivity contribution in [1.29, 1.82) is 0 Å². The highest BCUT2D eigenvalue weighted by atomic mass is 16.5. The predicted octanol–water partition coefficient (Wildman–Crippen LogP) is 18.1. The van der Waals surface area contributed by atoms with Crippen molar-refractivity contribution in [2.24, 2.45) is 0 Å². The minimum absolute atomic E-state index is 0.148. The van der Waals surface area contributed by atoms with Gasteiger partial charge in [0.1, 0.15) is 12.1 Å². The molecule has 0 bridgehead atoms. The van der Waals surface area contributed by atoms with E-state index in [1.165, 1.54) is 205 Å². The number of hydrogen-bond acceptors (Lipinski definition) is 12. The van der Waals surface area contributed by atoms with Gasteiger partial charge in [0.25, 0.3) is 0 Å². The van der Waals surface area contributed by atoms with E-state index in [1.807, 2.05) is 0 Å². The third kappa shape index (κ3) is 54.5. The summed E-state index contributed by atoms with van der Waals surface area (Å²) >= 11 is 0. The molecule has 0 radical (unpaired) electrons. The van der Waals surface area contributed by atoms with Gasteiger partial charge in [-0.3, -0.25) is 28.8 Å². The first-order valence-electron chi connectivity index (χ1n) is 37.8. The molecule has 0 aromatic rings. The molecule has 1 rings (SSSR count). The Morgan fingerprint density at radius 1 is 0.273 bits per heavy atom. The molecule has 88 heavy (non-hydrogen) atoms. The molecule has 0 aromatic heterocycles. The quantitative estimate of drug-likeness (QED) is 0.0336. The molecule has 1 fully saturated rings. The minimum atomic E-state index is -0.598. The fraction of sp³-hybridized carbons (Fsp3) is 0.919. The van der Waals surface area contributed by atoms with E-state index in [-0.39, 0.29) is 61.4 Å². The number of rotatable bonds is 68. The molecule has 0 saturated carbocycles. The van der Waals surface area contributed by atoms with Gasteiger partial charge in [-0.15, -0.1) is 0 Å². The van der Waals surface area contributed by atoms with Crippen LogP contribution in [0.15, 0.2) is 0 Å². The second-order valence-electron chi connectivity index (χ2n) is 26.1. The van der Waals surface area contributed by atoms with Gasteiger partial charge in [0, 0.05) is 26.2 Å². The Hall–Kier alpha value is -3.26. The van der Waals surface area contributed by atoms with Crippen LogP contribution in [0.1, 0.15) is 362 Å². The van der Waals surface area contributed by atoms with Crippen molar-refractivity contribution in [3.8, 4) is 0 Å². The molecule has 0 aliphatic carbocycles. The largest absolute Gasteiger partial charge is 0.466 e. The van der Waals surface area contributed by atoms with Crippen molar-refractivity contribution in [3.05, 3.63) is 0 Å². The molecule has 0 spiro atoms. The van der Waals surface area contributed by atoms with E-state index >= 15 is 0 Å². The summed E-state index contributed by atoms with van der Waals surface area (Å²) < 4.78 is 22.5. The molecule has 1 aliphatic rings. The number of piperazine rings is 1. The molecule has 0 aromatic carbocycles. The van der Waals surface area contributed by atoms with E-state index in [4.69, 9.17) is 18.9 Å². The molecule has 14 heteroatoms. The molecule has 2 amide bonds. The van der Waals surface area contributed by atoms with Crippen LogP contribution in [0.4, 0.5) is 0 Å². The smallest absolute Gasteiger partial charge is 0.307 e. The zero-order valence-electron chi connectivity index (χ0n) is 58.0. The summed E-state index contributed by atoms with van der Waals surface area (Å²) in [4.78, 5) is 82.1. The first kappa shape index (κ1) is 82.8. The van der Waals surface area contributed by atoms with Crippen LogP contribution in [0.25, 0.3) is 0 Å². The van der Waals surface area contributed by atoms with Gasteiger partial charge >= 0.3 is 23.9 Å². The third-order valence-corrected chi connectivity index (χ3v) is 17.8. The summed E-state index contributed by atoms with van der Waals surface area (Å²) in [5.74, 6) is -1.11. The van der Waals surface area contributed by atoms with Crippen molar-refractivity contribution in [2.45, 2.75) is 374 Å². The van der Waals surface area contributed by atoms with Crippen LogP contribution < -0.4 is 10.6 Å². The predicted molar refractivity (Wildman–Crippen MR) is 363 cm³/mol. The molecule has 516 valence electrons. The van der Waals surface area contributed by atoms with Gasteiger partial charge < -0.3 is 39.4 Å². The maximum absolute atomic E-state index is 13.3. The Kier molecular flexibility index (Phi) is 60.1. The summed E-state index contributed by atoms with van der Waals surface area (Å²) in [5.41, 5.74) is 0. The third-order valence-electron chi connectivity index (χ3n) is 17.8. The molecular weight excluding hydrogens is 1100 g/mol. The van der Waals surface area contributed by atoms with E-state index in [9.17, 15) is 28.8 Å². The van der Waals surface area contributed by atoms with Crippen LogP contribution in [0.2, 0.25) is 0 Å². The molecule has 1 heterocycles. The second kappa shape index (κ2) is 63.9. The number of amides is 2. The van der Waals surface area contributed by atoms with Gasteiger partial charge in [-0.1, -0.05) is 278 Å². The summed E-state index contributed by atoms with van der Waals surface area (Å²) in [7, 11) is 0. The lowest BCUT2D eigenvalue weighted by molar-refractivity contribution is -0.146. The first-order chi connectivity index (χ1) is 43.1. The van der Waals surface area contributed by atoms with E-state index < -0.39 is 12.1 Å². The fourth-order valence-electron chi connectivity index (χ4n) is 11.9. The van der Waals surface area contributed by atoms with Crippen molar-refractivity contribution in [2.75, 3.05) is 65.7 Å². The van der Waals surface area contributed by atoms with Gasteiger partial charge in [-0.25, -0.2) is 0 Å². The SMILES string of the molecule is CCCCCCCCCCCCOC(=O)CCN(CCCCCCC1NC(=O)C(CCCCN(CCC(=O)OCCCCCCCCCCCC)CCC(=O)OCCCCCCCCCCCC)NC1=O)CCC(=O)OCCCCCCCCCCCC. The highest BCUT2D eigenvalue weighted by molar-refractivity contribution is 5.96. The molecular formula is C74H140N4O10. The lowest BCUT2D eigenvalue weighted by Gasteiger charge is -2.30. The number of carbonyl (C=O) groups excluding carboxylic acids is 6. The topological polar surface area (TPSA) is 170 Å². The normalized spacial score (nSPS) is 14.2. The van der Waals surface area contributed by atoms with Crippen LogP contribution in [0.3, 0.4) is 0 Å².